The average Bonchev–Trinajstić information content (AvgIpc) is 2.70. The van der Waals surface area contributed by atoms with E-state index in [-0.39, 0.29) is 5.78 Å². The summed E-state index contributed by atoms with van der Waals surface area (Å²) >= 11 is 0. The number of carbonyl (C=O) groups excluding carboxylic acids is 1. The van der Waals surface area contributed by atoms with E-state index in [1.165, 1.54) is 0 Å². The Labute approximate surface area is 90.3 Å². The molecule has 4 nitrogen and oxygen atoms in total. The molecule has 0 spiro atoms. The minimum atomic E-state index is -0.403. The van der Waals surface area contributed by atoms with Crippen molar-refractivity contribution in [3.63, 3.8) is 0 Å². The van der Waals surface area contributed by atoms with E-state index in [4.69, 9.17) is 5.73 Å². The molecule has 2 atom stereocenters. The summed E-state index contributed by atoms with van der Waals surface area (Å²) in [5.41, 5.74) is 6.73. The highest BCUT2D eigenvalue weighted by Gasteiger charge is 2.16. The summed E-state index contributed by atoms with van der Waals surface area (Å²) in [6, 6.07) is -0.403. The van der Waals surface area contributed by atoms with E-state index in [0.29, 0.717) is 18.8 Å². The Kier molecular flexibility index (Phi) is 4.49. The molecule has 3 N–H and O–H groups in total. The third kappa shape index (κ3) is 3.83. The second-order valence-corrected chi connectivity index (χ2v) is 4.07. The van der Waals surface area contributed by atoms with Crippen LogP contribution in [-0.4, -0.2) is 21.8 Å². The smallest absolute Gasteiger partial charge is 0.150 e. The lowest BCUT2D eigenvalue weighted by molar-refractivity contribution is -0.121. The Morgan fingerprint density at radius 1 is 1.67 bits per heavy atom. The molecule has 1 heterocycles. The van der Waals surface area contributed by atoms with Gasteiger partial charge in [-0.05, 0) is 5.92 Å². The Morgan fingerprint density at radius 2 is 2.40 bits per heavy atom. The van der Waals surface area contributed by atoms with Crippen molar-refractivity contribution in [1.29, 1.82) is 0 Å². The lowest BCUT2D eigenvalue weighted by atomic mass is 9.96. The maximum absolute atomic E-state index is 11.7. The van der Waals surface area contributed by atoms with Crippen LogP contribution in [0, 0.1) is 5.92 Å². The molecule has 1 aromatic rings. The molecule has 0 saturated carbocycles. The maximum Gasteiger partial charge on any atom is 0.150 e. The van der Waals surface area contributed by atoms with E-state index in [1.54, 1.807) is 12.5 Å². The van der Waals surface area contributed by atoms with Crippen LogP contribution in [0.2, 0.25) is 0 Å². The van der Waals surface area contributed by atoms with Gasteiger partial charge in [0.25, 0.3) is 0 Å². The number of aromatic amines is 1. The van der Waals surface area contributed by atoms with E-state index in [9.17, 15) is 4.79 Å². The molecule has 0 aromatic carbocycles. The molecule has 0 amide bonds. The second-order valence-electron chi connectivity index (χ2n) is 4.07. The van der Waals surface area contributed by atoms with Gasteiger partial charge in [-0.25, -0.2) is 4.98 Å². The van der Waals surface area contributed by atoms with Crippen LogP contribution < -0.4 is 5.73 Å². The third-order valence-electron chi connectivity index (χ3n) is 2.65. The number of rotatable bonds is 6. The Hall–Kier alpha value is -1.16. The zero-order valence-corrected chi connectivity index (χ0v) is 9.36. The molecule has 0 aliphatic carbocycles. The Balaban J connectivity index is 2.40. The number of aromatic nitrogens is 2. The summed E-state index contributed by atoms with van der Waals surface area (Å²) in [6.45, 7) is 4.15. The lowest BCUT2D eigenvalue weighted by Crippen LogP contribution is -2.33. The molecule has 1 unspecified atom stereocenters. The van der Waals surface area contributed by atoms with Crippen molar-refractivity contribution < 1.29 is 4.79 Å². The van der Waals surface area contributed by atoms with Crippen LogP contribution in [-0.2, 0) is 11.2 Å². The van der Waals surface area contributed by atoms with Crippen molar-refractivity contribution in [1.82, 2.24) is 9.97 Å². The fourth-order valence-corrected chi connectivity index (χ4v) is 1.39. The van der Waals surface area contributed by atoms with Crippen LogP contribution >= 0.6 is 0 Å². The van der Waals surface area contributed by atoms with Gasteiger partial charge >= 0.3 is 0 Å². The van der Waals surface area contributed by atoms with E-state index in [1.807, 2.05) is 0 Å². The molecule has 84 valence electrons. The number of imidazole rings is 1. The van der Waals surface area contributed by atoms with Crippen molar-refractivity contribution in [2.24, 2.45) is 11.7 Å². The predicted octanol–water partition coefficient (Wildman–Crippen LogP) is 1.28. The fraction of sp³-hybridized carbons (Fsp3) is 0.636. The first-order chi connectivity index (χ1) is 7.13. The van der Waals surface area contributed by atoms with Crippen LogP contribution in [0.3, 0.4) is 0 Å². The molecule has 0 fully saturated rings. The normalized spacial score (nSPS) is 14.9. The van der Waals surface area contributed by atoms with Crippen molar-refractivity contribution in [2.75, 3.05) is 0 Å². The van der Waals surface area contributed by atoms with Crippen LogP contribution in [0.1, 0.15) is 32.4 Å². The zero-order chi connectivity index (χ0) is 11.3. The number of Topliss-reactive ketones (excluding diaryl/α,β-unsaturated/α-hetero) is 1. The number of nitrogens with one attached hydrogen (secondary N) is 1. The molecule has 1 aromatic heterocycles. The largest absolute Gasteiger partial charge is 0.348 e. The highest BCUT2D eigenvalue weighted by molar-refractivity contribution is 5.84. The summed E-state index contributed by atoms with van der Waals surface area (Å²) < 4.78 is 0. The molecule has 1 rings (SSSR count). The average molecular weight is 209 g/mol. The van der Waals surface area contributed by atoms with Gasteiger partial charge in [-0.2, -0.15) is 0 Å². The standard InChI is InChI=1S/C11H19N3O/c1-3-8(2)4-11(15)10(12)5-9-6-13-7-14-9/h6-8,10H,3-5,12H2,1-2H3,(H,13,14)/t8?,10-/m0/s1. The van der Waals surface area contributed by atoms with Crippen molar-refractivity contribution in [3.05, 3.63) is 18.2 Å². The fourth-order valence-electron chi connectivity index (χ4n) is 1.39. The Morgan fingerprint density at radius 3 is 2.93 bits per heavy atom. The summed E-state index contributed by atoms with van der Waals surface area (Å²) in [4.78, 5) is 18.5. The molecular weight excluding hydrogens is 190 g/mol. The predicted molar refractivity (Wildman–Crippen MR) is 59.3 cm³/mol. The first kappa shape index (κ1) is 11.9. The minimum Gasteiger partial charge on any atom is -0.348 e. The van der Waals surface area contributed by atoms with Crippen LogP contribution in [0.4, 0.5) is 0 Å². The number of H-pyrrole nitrogens is 1. The van der Waals surface area contributed by atoms with Gasteiger partial charge in [-0.3, -0.25) is 4.79 Å². The van der Waals surface area contributed by atoms with Gasteiger partial charge in [0, 0.05) is 24.7 Å². The van der Waals surface area contributed by atoms with E-state index < -0.39 is 6.04 Å². The highest BCUT2D eigenvalue weighted by atomic mass is 16.1. The van der Waals surface area contributed by atoms with Gasteiger partial charge in [-0.1, -0.05) is 20.3 Å². The molecule has 0 aliphatic heterocycles. The molecule has 0 radical (unpaired) electrons. The van der Waals surface area contributed by atoms with Crippen LogP contribution in [0.15, 0.2) is 12.5 Å². The third-order valence-corrected chi connectivity index (χ3v) is 2.65. The van der Waals surface area contributed by atoms with E-state index in [2.05, 4.69) is 23.8 Å². The molecular formula is C11H19N3O. The lowest BCUT2D eigenvalue weighted by Gasteiger charge is -2.12. The van der Waals surface area contributed by atoms with Crippen LogP contribution in [0.25, 0.3) is 0 Å². The van der Waals surface area contributed by atoms with Gasteiger partial charge < -0.3 is 10.7 Å². The van der Waals surface area contributed by atoms with E-state index in [0.717, 1.165) is 12.1 Å². The molecule has 0 bridgehead atoms. The summed E-state index contributed by atoms with van der Waals surface area (Å²) in [6.07, 6.45) is 5.45. The molecule has 15 heavy (non-hydrogen) atoms. The summed E-state index contributed by atoms with van der Waals surface area (Å²) in [5, 5.41) is 0. The summed E-state index contributed by atoms with van der Waals surface area (Å²) in [7, 11) is 0. The monoisotopic (exact) mass is 209 g/mol. The first-order valence-electron chi connectivity index (χ1n) is 5.39. The SMILES string of the molecule is CCC(C)CC(=O)[C@@H](N)Cc1cnc[nH]1. The van der Waals surface area contributed by atoms with Gasteiger partial charge in [0.15, 0.2) is 0 Å². The van der Waals surface area contributed by atoms with Gasteiger partial charge in [0.1, 0.15) is 5.78 Å². The van der Waals surface area contributed by atoms with Crippen molar-refractivity contribution in [2.45, 2.75) is 39.2 Å². The molecule has 0 saturated heterocycles. The molecule has 0 aliphatic rings. The van der Waals surface area contributed by atoms with Crippen molar-refractivity contribution in [3.8, 4) is 0 Å². The number of nitrogens with zero attached hydrogens (tertiary/aromatic N) is 1. The number of nitrogens with two attached hydrogens (primary N) is 1. The second kappa shape index (κ2) is 5.66. The highest BCUT2D eigenvalue weighted by Crippen LogP contribution is 2.09. The van der Waals surface area contributed by atoms with Gasteiger partial charge in [0.2, 0.25) is 0 Å². The van der Waals surface area contributed by atoms with Crippen LogP contribution in [0.5, 0.6) is 0 Å². The number of ketones is 1. The zero-order valence-electron chi connectivity index (χ0n) is 9.36. The topological polar surface area (TPSA) is 71.8 Å². The minimum absolute atomic E-state index is 0.138. The Bertz CT molecular complexity index is 295. The van der Waals surface area contributed by atoms with E-state index >= 15 is 0 Å². The van der Waals surface area contributed by atoms with Gasteiger partial charge in [0.05, 0.1) is 12.4 Å². The van der Waals surface area contributed by atoms with Crippen molar-refractivity contribution >= 4 is 5.78 Å². The first-order valence-corrected chi connectivity index (χ1v) is 5.39. The van der Waals surface area contributed by atoms with Gasteiger partial charge in [-0.15, -0.1) is 0 Å². The summed E-state index contributed by atoms with van der Waals surface area (Å²) in [5.74, 6) is 0.560. The molecule has 4 heteroatoms. The number of hydrogen-bond donors (Lipinski definition) is 2. The number of carbonyl (C=O) groups is 1. The maximum atomic E-state index is 11.7. The quantitative estimate of drug-likeness (QED) is 0.741. The number of hydrogen-bond acceptors (Lipinski definition) is 3.